The molecule has 0 aliphatic carbocycles. The van der Waals surface area contributed by atoms with Gasteiger partial charge in [-0.05, 0) is 19.8 Å². The van der Waals surface area contributed by atoms with Gasteiger partial charge < -0.3 is 4.74 Å². The Hall–Kier alpha value is -0.380. The van der Waals surface area contributed by atoms with Gasteiger partial charge in [-0.15, -0.1) is 0 Å². The topological polar surface area (TPSA) is 43.4 Å². The summed E-state index contributed by atoms with van der Waals surface area (Å²) < 4.78 is 16.3. The lowest BCUT2D eigenvalue weighted by Gasteiger charge is -2.31. The average Bonchev–Trinajstić information content (AvgIpc) is 1.82. The monoisotopic (exact) mass is 190 g/mol. The first-order chi connectivity index (χ1) is 5.52. The molecule has 0 radical (unpaired) electrons. The van der Waals surface area contributed by atoms with Crippen LogP contribution in [0.25, 0.3) is 0 Å². The van der Waals surface area contributed by atoms with Crippen molar-refractivity contribution in [1.29, 1.82) is 0 Å². The van der Waals surface area contributed by atoms with E-state index in [4.69, 9.17) is 4.74 Å². The van der Waals surface area contributed by atoms with Gasteiger partial charge in [0, 0.05) is 23.5 Å². The highest BCUT2D eigenvalue weighted by Crippen LogP contribution is 2.24. The molecule has 1 rings (SSSR count). The van der Waals surface area contributed by atoms with E-state index < -0.39 is 16.4 Å². The van der Waals surface area contributed by atoms with Gasteiger partial charge in [-0.3, -0.25) is 9.00 Å². The molecule has 0 bridgehead atoms. The number of hydrogen-bond acceptors (Lipinski definition) is 3. The minimum Gasteiger partial charge on any atom is -0.459 e. The SMILES string of the molecule is CC(=O)O[C@@]1(C)CCCS(=O)C1. The third kappa shape index (κ3) is 2.59. The Bertz CT molecular complexity index is 210. The van der Waals surface area contributed by atoms with Gasteiger partial charge in [0.05, 0.1) is 5.75 Å². The van der Waals surface area contributed by atoms with Gasteiger partial charge in [0.15, 0.2) is 0 Å². The first-order valence-electron chi connectivity index (χ1n) is 4.06. The Morgan fingerprint density at radius 3 is 2.75 bits per heavy atom. The van der Waals surface area contributed by atoms with E-state index >= 15 is 0 Å². The van der Waals surface area contributed by atoms with E-state index in [1.54, 1.807) is 0 Å². The lowest BCUT2D eigenvalue weighted by atomic mass is 10.0. The summed E-state index contributed by atoms with van der Waals surface area (Å²) in [6, 6.07) is 0. The summed E-state index contributed by atoms with van der Waals surface area (Å²) in [5.74, 6) is 0.958. The van der Waals surface area contributed by atoms with Gasteiger partial charge in [0.25, 0.3) is 0 Å². The zero-order valence-electron chi connectivity index (χ0n) is 7.46. The van der Waals surface area contributed by atoms with Crippen molar-refractivity contribution in [3.8, 4) is 0 Å². The van der Waals surface area contributed by atoms with Gasteiger partial charge in [0.1, 0.15) is 5.60 Å². The molecule has 0 aromatic heterocycles. The minimum absolute atomic E-state index is 0.281. The van der Waals surface area contributed by atoms with Crippen LogP contribution in [0.3, 0.4) is 0 Å². The summed E-state index contributed by atoms with van der Waals surface area (Å²) in [7, 11) is -0.803. The van der Waals surface area contributed by atoms with Gasteiger partial charge in [0.2, 0.25) is 0 Å². The Morgan fingerprint density at radius 2 is 2.25 bits per heavy atom. The molecule has 0 aromatic carbocycles. The molecular weight excluding hydrogens is 176 g/mol. The van der Waals surface area contributed by atoms with Crippen molar-refractivity contribution in [2.24, 2.45) is 0 Å². The third-order valence-corrected chi connectivity index (χ3v) is 3.61. The highest BCUT2D eigenvalue weighted by molar-refractivity contribution is 7.85. The van der Waals surface area contributed by atoms with E-state index in [2.05, 4.69) is 0 Å². The van der Waals surface area contributed by atoms with Crippen LogP contribution in [0.1, 0.15) is 26.7 Å². The summed E-state index contributed by atoms with van der Waals surface area (Å²) in [6.45, 7) is 3.24. The fraction of sp³-hybridized carbons (Fsp3) is 0.875. The van der Waals surface area contributed by atoms with E-state index in [0.29, 0.717) is 5.75 Å². The Kier molecular flexibility index (Phi) is 2.88. The molecule has 2 atom stereocenters. The fourth-order valence-electron chi connectivity index (χ4n) is 1.52. The van der Waals surface area contributed by atoms with Crippen LogP contribution in [-0.4, -0.2) is 27.3 Å². The van der Waals surface area contributed by atoms with Crippen molar-refractivity contribution < 1.29 is 13.7 Å². The van der Waals surface area contributed by atoms with Crippen LogP contribution < -0.4 is 0 Å². The van der Waals surface area contributed by atoms with Crippen LogP contribution >= 0.6 is 0 Å². The smallest absolute Gasteiger partial charge is 0.303 e. The number of carbonyl (C=O) groups excluding carboxylic acids is 1. The second-order valence-corrected chi connectivity index (χ2v) is 5.01. The quantitative estimate of drug-likeness (QED) is 0.576. The fourth-order valence-corrected chi connectivity index (χ4v) is 3.01. The second kappa shape index (κ2) is 3.56. The number of hydrogen-bond donors (Lipinski definition) is 0. The van der Waals surface area contributed by atoms with Crippen LogP contribution in [0.5, 0.6) is 0 Å². The van der Waals surface area contributed by atoms with Crippen molar-refractivity contribution in [2.75, 3.05) is 11.5 Å². The molecule has 70 valence electrons. The number of carbonyl (C=O) groups is 1. The van der Waals surface area contributed by atoms with Crippen LogP contribution in [0.2, 0.25) is 0 Å². The Balaban J connectivity index is 2.57. The van der Waals surface area contributed by atoms with Crippen LogP contribution in [-0.2, 0) is 20.3 Å². The number of esters is 1. The largest absolute Gasteiger partial charge is 0.459 e. The molecule has 0 spiro atoms. The van der Waals surface area contributed by atoms with E-state index in [-0.39, 0.29) is 5.97 Å². The van der Waals surface area contributed by atoms with Crippen LogP contribution in [0.4, 0.5) is 0 Å². The minimum atomic E-state index is -0.803. The number of rotatable bonds is 1. The normalized spacial score (nSPS) is 36.0. The predicted octanol–water partition coefficient (Wildman–Crippen LogP) is 0.851. The molecule has 0 aromatic rings. The zero-order chi connectivity index (χ0) is 9.19. The molecule has 0 saturated carbocycles. The van der Waals surface area contributed by atoms with Gasteiger partial charge in [-0.2, -0.15) is 0 Å². The molecular formula is C8H14O3S. The standard InChI is InChI=1S/C8H14O3S/c1-7(9)11-8(2)4-3-5-12(10)6-8/h3-6H2,1-2H3/t8-,12?/m0/s1. The molecule has 3 nitrogen and oxygen atoms in total. The maximum absolute atomic E-state index is 11.2. The summed E-state index contributed by atoms with van der Waals surface area (Å²) in [5.41, 5.74) is -0.477. The Labute approximate surface area is 74.9 Å². The van der Waals surface area contributed by atoms with Crippen LogP contribution in [0, 0.1) is 0 Å². The first kappa shape index (κ1) is 9.71. The molecule has 1 unspecified atom stereocenters. The van der Waals surface area contributed by atoms with E-state index in [9.17, 15) is 9.00 Å². The maximum atomic E-state index is 11.2. The van der Waals surface area contributed by atoms with Crippen molar-refractivity contribution in [1.82, 2.24) is 0 Å². The molecule has 1 aliphatic heterocycles. The molecule has 1 aliphatic rings. The Morgan fingerprint density at radius 1 is 1.58 bits per heavy atom. The third-order valence-electron chi connectivity index (χ3n) is 1.93. The van der Waals surface area contributed by atoms with E-state index in [0.717, 1.165) is 18.6 Å². The molecule has 1 saturated heterocycles. The molecule has 0 amide bonds. The summed E-state index contributed by atoms with van der Waals surface area (Å²) in [5, 5.41) is 0. The molecule has 12 heavy (non-hydrogen) atoms. The average molecular weight is 190 g/mol. The van der Waals surface area contributed by atoms with E-state index in [1.807, 2.05) is 6.92 Å². The van der Waals surface area contributed by atoms with Gasteiger partial charge >= 0.3 is 5.97 Å². The van der Waals surface area contributed by atoms with Gasteiger partial charge in [-0.25, -0.2) is 0 Å². The lowest BCUT2D eigenvalue weighted by Crippen LogP contribution is -2.40. The van der Waals surface area contributed by atoms with Crippen LogP contribution in [0.15, 0.2) is 0 Å². The number of ether oxygens (including phenoxy) is 1. The van der Waals surface area contributed by atoms with Gasteiger partial charge in [-0.1, -0.05) is 0 Å². The summed E-state index contributed by atoms with van der Waals surface area (Å²) in [6.07, 6.45) is 1.72. The highest BCUT2D eigenvalue weighted by atomic mass is 32.2. The predicted molar refractivity (Wildman–Crippen MR) is 47.3 cm³/mol. The second-order valence-electron chi connectivity index (χ2n) is 3.44. The summed E-state index contributed by atoms with van der Waals surface area (Å²) >= 11 is 0. The molecule has 0 N–H and O–H groups in total. The van der Waals surface area contributed by atoms with Crippen molar-refractivity contribution >= 4 is 16.8 Å². The molecule has 1 fully saturated rings. The molecule has 4 heteroatoms. The molecule has 1 heterocycles. The van der Waals surface area contributed by atoms with Crippen molar-refractivity contribution in [2.45, 2.75) is 32.3 Å². The van der Waals surface area contributed by atoms with Crippen molar-refractivity contribution in [3.05, 3.63) is 0 Å². The maximum Gasteiger partial charge on any atom is 0.303 e. The lowest BCUT2D eigenvalue weighted by molar-refractivity contribution is -0.153. The van der Waals surface area contributed by atoms with Crippen molar-refractivity contribution in [3.63, 3.8) is 0 Å². The zero-order valence-corrected chi connectivity index (χ0v) is 8.28. The highest BCUT2D eigenvalue weighted by Gasteiger charge is 2.33. The first-order valence-corrected chi connectivity index (χ1v) is 5.55. The van der Waals surface area contributed by atoms with E-state index in [1.165, 1.54) is 6.92 Å². The summed E-state index contributed by atoms with van der Waals surface area (Å²) in [4.78, 5) is 10.7.